The molecule has 0 radical (unpaired) electrons. The van der Waals surface area contributed by atoms with Crippen molar-refractivity contribution in [2.45, 2.75) is 19.9 Å². The van der Waals surface area contributed by atoms with E-state index < -0.39 is 18.0 Å². The van der Waals surface area contributed by atoms with Gasteiger partial charge in [-0.25, -0.2) is 19.6 Å². The number of rotatable bonds is 4. The molecule has 2 heterocycles. The Bertz CT molecular complexity index is 652. The third-order valence-electron chi connectivity index (χ3n) is 2.91. The highest BCUT2D eigenvalue weighted by atomic mass is 16.5. The van der Waals surface area contributed by atoms with Crippen LogP contribution in [0.3, 0.4) is 0 Å². The normalized spacial score (nSPS) is 12.2. The number of amides is 2. The zero-order chi connectivity index (χ0) is 15.4. The number of urea groups is 1. The van der Waals surface area contributed by atoms with Gasteiger partial charge in [0.15, 0.2) is 11.5 Å². The molecule has 21 heavy (non-hydrogen) atoms. The zero-order valence-electron chi connectivity index (χ0n) is 12.0. The van der Waals surface area contributed by atoms with Gasteiger partial charge in [-0.05, 0) is 12.0 Å². The summed E-state index contributed by atoms with van der Waals surface area (Å²) in [5.41, 5.74) is 1.27. The number of methoxy groups -OCH3 is 1. The molecule has 2 aromatic rings. The summed E-state index contributed by atoms with van der Waals surface area (Å²) in [4.78, 5) is 34.7. The van der Waals surface area contributed by atoms with E-state index in [4.69, 9.17) is 0 Å². The van der Waals surface area contributed by atoms with Crippen LogP contribution in [0.4, 0.5) is 10.6 Å². The maximum Gasteiger partial charge on any atom is 0.328 e. The number of esters is 1. The van der Waals surface area contributed by atoms with Crippen molar-refractivity contribution in [3.8, 4) is 0 Å². The SMILES string of the molecule is COC(=O)[C@@H](NC(=O)Nc1cnc2[nH]ccc2n1)C(C)C. The number of H-pyrrole nitrogens is 1. The Morgan fingerprint density at radius 3 is 2.81 bits per heavy atom. The maximum atomic E-state index is 11.9. The molecule has 2 amide bonds. The first kappa shape index (κ1) is 14.8. The molecule has 1 atom stereocenters. The number of hydrogen-bond acceptors (Lipinski definition) is 5. The lowest BCUT2D eigenvalue weighted by Gasteiger charge is -2.19. The van der Waals surface area contributed by atoms with Crippen LogP contribution in [0.25, 0.3) is 11.2 Å². The molecule has 0 spiro atoms. The molecule has 0 bridgehead atoms. The highest BCUT2D eigenvalue weighted by Crippen LogP contribution is 2.10. The van der Waals surface area contributed by atoms with Crippen LogP contribution in [-0.2, 0) is 9.53 Å². The minimum atomic E-state index is -0.723. The van der Waals surface area contributed by atoms with Crippen molar-refractivity contribution in [1.82, 2.24) is 20.3 Å². The van der Waals surface area contributed by atoms with Gasteiger partial charge in [0.05, 0.1) is 13.3 Å². The highest BCUT2D eigenvalue weighted by molar-refractivity contribution is 5.92. The van der Waals surface area contributed by atoms with E-state index in [1.54, 1.807) is 12.3 Å². The highest BCUT2D eigenvalue weighted by Gasteiger charge is 2.25. The lowest BCUT2D eigenvalue weighted by atomic mass is 10.1. The van der Waals surface area contributed by atoms with Crippen LogP contribution < -0.4 is 10.6 Å². The molecule has 0 fully saturated rings. The van der Waals surface area contributed by atoms with E-state index in [1.807, 2.05) is 13.8 Å². The number of hydrogen-bond donors (Lipinski definition) is 3. The van der Waals surface area contributed by atoms with Crippen LogP contribution in [0.5, 0.6) is 0 Å². The lowest BCUT2D eigenvalue weighted by molar-refractivity contribution is -0.143. The Labute approximate surface area is 121 Å². The number of ether oxygens (including phenoxy) is 1. The number of carbonyl (C=O) groups excluding carboxylic acids is 2. The molecule has 112 valence electrons. The standard InChI is InChI=1S/C13H17N5O3/c1-7(2)10(12(19)21-3)18-13(20)17-9-6-15-11-8(16-9)4-5-14-11/h4-7,10H,1-3H3,(H,14,15)(H2,16,17,18,20)/t10-/m0/s1. The number of aromatic nitrogens is 3. The predicted octanol–water partition coefficient (Wildman–Crippen LogP) is 1.28. The summed E-state index contributed by atoms with van der Waals surface area (Å²) in [7, 11) is 1.28. The third kappa shape index (κ3) is 3.47. The Morgan fingerprint density at radius 2 is 2.14 bits per heavy atom. The van der Waals surface area contributed by atoms with Gasteiger partial charge in [0, 0.05) is 6.20 Å². The largest absolute Gasteiger partial charge is 0.467 e. The molecule has 0 unspecified atom stereocenters. The van der Waals surface area contributed by atoms with Crippen molar-refractivity contribution in [1.29, 1.82) is 0 Å². The molecule has 0 aliphatic heterocycles. The number of aromatic amines is 1. The molecule has 0 aromatic carbocycles. The molecule has 0 saturated heterocycles. The van der Waals surface area contributed by atoms with Gasteiger partial charge in [0.2, 0.25) is 0 Å². The van der Waals surface area contributed by atoms with Crippen LogP contribution in [0, 0.1) is 5.92 Å². The number of carbonyl (C=O) groups is 2. The van der Waals surface area contributed by atoms with E-state index in [2.05, 4.69) is 30.3 Å². The molecule has 8 nitrogen and oxygen atoms in total. The van der Waals surface area contributed by atoms with E-state index in [0.717, 1.165) is 0 Å². The van der Waals surface area contributed by atoms with Crippen LogP contribution >= 0.6 is 0 Å². The Balaban J connectivity index is 2.04. The van der Waals surface area contributed by atoms with Gasteiger partial charge in [0.25, 0.3) is 0 Å². The predicted molar refractivity (Wildman–Crippen MR) is 76.7 cm³/mol. The fourth-order valence-corrected chi connectivity index (χ4v) is 1.81. The first-order chi connectivity index (χ1) is 10.0. The second kappa shape index (κ2) is 6.21. The Morgan fingerprint density at radius 1 is 1.38 bits per heavy atom. The van der Waals surface area contributed by atoms with E-state index in [-0.39, 0.29) is 5.92 Å². The fourth-order valence-electron chi connectivity index (χ4n) is 1.81. The zero-order valence-corrected chi connectivity index (χ0v) is 12.0. The quantitative estimate of drug-likeness (QED) is 0.735. The summed E-state index contributed by atoms with van der Waals surface area (Å²) in [6.07, 6.45) is 3.14. The summed E-state index contributed by atoms with van der Waals surface area (Å²) in [5, 5.41) is 5.10. The average Bonchev–Trinajstić information content (AvgIpc) is 2.91. The summed E-state index contributed by atoms with van der Waals surface area (Å²) in [6.45, 7) is 3.63. The maximum absolute atomic E-state index is 11.9. The van der Waals surface area contributed by atoms with Gasteiger partial charge in [-0.3, -0.25) is 5.32 Å². The van der Waals surface area contributed by atoms with Crippen molar-refractivity contribution in [3.63, 3.8) is 0 Å². The third-order valence-corrected chi connectivity index (χ3v) is 2.91. The monoisotopic (exact) mass is 291 g/mol. The van der Waals surface area contributed by atoms with Crippen molar-refractivity contribution < 1.29 is 14.3 Å². The van der Waals surface area contributed by atoms with Gasteiger partial charge >= 0.3 is 12.0 Å². The van der Waals surface area contributed by atoms with Crippen LogP contribution in [-0.4, -0.2) is 40.1 Å². The fraction of sp³-hybridized carbons (Fsp3) is 0.385. The van der Waals surface area contributed by atoms with Crippen molar-refractivity contribution >= 4 is 29.0 Å². The van der Waals surface area contributed by atoms with Gasteiger partial charge in [-0.2, -0.15) is 0 Å². The van der Waals surface area contributed by atoms with E-state index in [1.165, 1.54) is 13.3 Å². The Hall–Kier alpha value is -2.64. The molecule has 2 rings (SSSR count). The van der Waals surface area contributed by atoms with Crippen molar-refractivity contribution in [2.75, 3.05) is 12.4 Å². The summed E-state index contributed by atoms with van der Waals surface area (Å²) in [5.74, 6) is -0.291. The summed E-state index contributed by atoms with van der Waals surface area (Å²) in [6, 6.07) is 0.485. The molecular weight excluding hydrogens is 274 g/mol. The van der Waals surface area contributed by atoms with Crippen LogP contribution in [0.2, 0.25) is 0 Å². The smallest absolute Gasteiger partial charge is 0.328 e. The molecular formula is C13H17N5O3. The number of fused-ring (bicyclic) bond motifs is 1. The summed E-state index contributed by atoms with van der Waals surface area (Å²) < 4.78 is 4.66. The van der Waals surface area contributed by atoms with E-state index in [9.17, 15) is 9.59 Å². The Kier molecular flexibility index (Phi) is 4.36. The molecule has 8 heteroatoms. The van der Waals surface area contributed by atoms with E-state index >= 15 is 0 Å². The number of nitrogens with one attached hydrogen (secondary N) is 3. The molecule has 0 aliphatic carbocycles. The second-order valence-electron chi connectivity index (χ2n) is 4.81. The minimum absolute atomic E-state index is 0.0959. The first-order valence-corrected chi connectivity index (χ1v) is 6.46. The van der Waals surface area contributed by atoms with Crippen molar-refractivity contribution in [2.24, 2.45) is 5.92 Å². The molecule has 3 N–H and O–H groups in total. The molecule has 2 aromatic heterocycles. The van der Waals surface area contributed by atoms with Gasteiger partial charge in [-0.15, -0.1) is 0 Å². The first-order valence-electron chi connectivity index (χ1n) is 6.46. The minimum Gasteiger partial charge on any atom is -0.467 e. The van der Waals surface area contributed by atoms with E-state index in [0.29, 0.717) is 17.0 Å². The lowest BCUT2D eigenvalue weighted by Crippen LogP contribution is -2.46. The summed E-state index contributed by atoms with van der Waals surface area (Å²) >= 11 is 0. The number of anilines is 1. The second-order valence-corrected chi connectivity index (χ2v) is 4.81. The molecule has 0 saturated carbocycles. The van der Waals surface area contributed by atoms with Gasteiger partial charge in [0.1, 0.15) is 11.6 Å². The van der Waals surface area contributed by atoms with Crippen molar-refractivity contribution in [3.05, 3.63) is 18.5 Å². The topological polar surface area (TPSA) is 109 Å². The van der Waals surface area contributed by atoms with Crippen LogP contribution in [0.15, 0.2) is 18.5 Å². The van der Waals surface area contributed by atoms with Gasteiger partial charge < -0.3 is 15.0 Å². The van der Waals surface area contributed by atoms with Crippen LogP contribution in [0.1, 0.15) is 13.8 Å². The average molecular weight is 291 g/mol. The number of nitrogens with zero attached hydrogens (tertiary/aromatic N) is 2. The molecule has 0 aliphatic rings. The van der Waals surface area contributed by atoms with Gasteiger partial charge in [-0.1, -0.05) is 13.8 Å².